The van der Waals surface area contributed by atoms with Gasteiger partial charge in [-0.15, -0.1) is 11.3 Å². The molecule has 27 heavy (non-hydrogen) atoms. The van der Waals surface area contributed by atoms with Crippen LogP contribution in [0.15, 0.2) is 40.6 Å². The van der Waals surface area contributed by atoms with E-state index in [0.717, 1.165) is 24.2 Å². The summed E-state index contributed by atoms with van der Waals surface area (Å²) in [6.45, 7) is -0.0147. The van der Waals surface area contributed by atoms with Gasteiger partial charge in [-0.05, 0) is 55.0 Å². The van der Waals surface area contributed by atoms with Gasteiger partial charge in [0.05, 0.1) is 6.61 Å². The molecule has 1 aliphatic carbocycles. The molecule has 0 amide bonds. The number of esters is 1. The Kier molecular flexibility index (Phi) is 6.03. The molecule has 0 radical (unpaired) electrons. The van der Waals surface area contributed by atoms with Gasteiger partial charge in [-0.2, -0.15) is 0 Å². The van der Waals surface area contributed by atoms with Crippen molar-refractivity contribution in [3.05, 3.63) is 52.0 Å². The van der Waals surface area contributed by atoms with Crippen molar-refractivity contribution in [3.8, 4) is 0 Å². The summed E-state index contributed by atoms with van der Waals surface area (Å²) in [6, 6.07) is 6.54. The molecule has 0 saturated heterocycles. The van der Waals surface area contributed by atoms with E-state index >= 15 is 0 Å². The van der Waals surface area contributed by atoms with Crippen LogP contribution in [-0.4, -0.2) is 32.8 Å². The Bertz CT molecular complexity index is 933. The summed E-state index contributed by atoms with van der Waals surface area (Å²) in [5, 5.41) is 1.52. The lowest BCUT2D eigenvalue weighted by Crippen LogP contribution is -2.26. The van der Waals surface area contributed by atoms with Gasteiger partial charge in [0.15, 0.2) is 5.78 Å². The second kappa shape index (κ2) is 8.28. The first-order valence-electron chi connectivity index (χ1n) is 8.42. The predicted octanol–water partition coefficient (Wildman–Crippen LogP) is 3.15. The summed E-state index contributed by atoms with van der Waals surface area (Å²) < 4.78 is 45.1. The van der Waals surface area contributed by atoms with E-state index in [2.05, 4.69) is 4.72 Å². The van der Waals surface area contributed by atoms with Gasteiger partial charge in [-0.3, -0.25) is 4.79 Å². The number of hydrogen-bond donors (Lipinski definition) is 1. The summed E-state index contributed by atoms with van der Waals surface area (Å²) >= 11 is 0.998. The summed E-state index contributed by atoms with van der Waals surface area (Å²) in [4.78, 5) is 24.1. The Morgan fingerprint density at radius 3 is 2.56 bits per heavy atom. The quantitative estimate of drug-likeness (QED) is 0.389. The monoisotopic (exact) mass is 411 g/mol. The molecule has 0 unspecified atom stereocenters. The summed E-state index contributed by atoms with van der Waals surface area (Å²) in [5.41, 5.74) is 0.389. The molecule has 6 nitrogen and oxygen atoms in total. The Labute approximate surface area is 160 Å². The molecular formula is C18H18FNO5S2. The van der Waals surface area contributed by atoms with Gasteiger partial charge in [-0.1, -0.05) is 0 Å². The molecular weight excluding hydrogens is 393 g/mol. The summed E-state index contributed by atoms with van der Waals surface area (Å²) in [5.74, 6) is -1.33. The zero-order valence-corrected chi connectivity index (χ0v) is 15.9. The van der Waals surface area contributed by atoms with Crippen LogP contribution in [0.4, 0.5) is 4.39 Å². The second-order valence-electron chi connectivity index (χ2n) is 6.18. The van der Waals surface area contributed by atoms with Crippen molar-refractivity contribution in [2.75, 3.05) is 6.61 Å². The van der Waals surface area contributed by atoms with E-state index in [4.69, 9.17) is 4.74 Å². The van der Waals surface area contributed by atoms with Crippen molar-refractivity contribution >= 4 is 33.1 Å². The minimum Gasteiger partial charge on any atom is -0.461 e. The minimum atomic E-state index is -3.74. The highest BCUT2D eigenvalue weighted by atomic mass is 32.2. The molecule has 1 aromatic heterocycles. The van der Waals surface area contributed by atoms with Crippen molar-refractivity contribution in [1.29, 1.82) is 0 Å². The number of carbonyl (C=O) groups excluding carboxylic acids is 2. The van der Waals surface area contributed by atoms with Gasteiger partial charge in [0.2, 0.25) is 10.0 Å². The number of halogens is 1. The maximum Gasteiger partial charge on any atom is 0.349 e. The number of ether oxygens (including phenoxy) is 1. The largest absolute Gasteiger partial charge is 0.461 e. The Balaban J connectivity index is 1.51. The van der Waals surface area contributed by atoms with Crippen LogP contribution in [0, 0.1) is 5.82 Å². The Morgan fingerprint density at radius 2 is 1.89 bits per heavy atom. The number of thiophene rings is 1. The normalized spacial score (nSPS) is 14.1. The first-order chi connectivity index (χ1) is 12.9. The van der Waals surface area contributed by atoms with E-state index in [9.17, 15) is 22.4 Å². The summed E-state index contributed by atoms with van der Waals surface area (Å²) in [7, 11) is -3.74. The fourth-order valence-corrected chi connectivity index (χ4v) is 5.00. The van der Waals surface area contributed by atoms with Crippen LogP contribution < -0.4 is 4.72 Å². The average molecular weight is 411 g/mol. The first-order valence-corrected chi connectivity index (χ1v) is 10.8. The van der Waals surface area contributed by atoms with Crippen LogP contribution in [0.5, 0.6) is 0 Å². The van der Waals surface area contributed by atoms with Crippen LogP contribution in [0.25, 0.3) is 0 Å². The second-order valence-corrected chi connectivity index (χ2v) is 8.78. The molecule has 3 rings (SSSR count). The molecule has 1 saturated carbocycles. The van der Waals surface area contributed by atoms with Gasteiger partial charge in [0.1, 0.15) is 15.6 Å². The molecule has 2 aromatic rings. The third-order valence-electron chi connectivity index (χ3n) is 3.95. The van der Waals surface area contributed by atoms with Crippen molar-refractivity contribution in [2.24, 2.45) is 0 Å². The van der Waals surface area contributed by atoms with Crippen LogP contribution in [0.3, 0.4) is 0 Å². The van der Waals surface area contributed by atoms with E-state index in [1.54, 1.807) is 0 Å². The topological polar surface area (TPSA) is 89.5 Å². The van der Waals surface area contributed by atoms with Crippen molar-refractivity contribution in [2.45, 2.75) is 36.6 Å². The molecule has 0 aliphatic heterocycles. The lowest BCUT2D eigenvalue weighted by atomic mass is 10.1. The molecule has 0 atom stereocenters. The fourth-order valence-electron chi connectivity index (χ4n) is 2.39. The number of carbonyl (C=O) groups is 2. The maximum absolute atomic E-state index is 12.9. The zero-order chi connectivity index (χ0) is 19.4. The van der Waals surface area contributed by atoms with Crippen molar-refractivity contribution in [3.63, 3.8) is 0 Å². The number of ketones is 1. The highest BCUT2D eigenvalue weighted by Crippen LogP contribution is 2.27. The summed E-state index contributed by atoms with van der Waals surface area (Å²) in [6.07, 6.45) is 2.02. The van der Waals surface area contributed by atoms with E-state index < -0.39 is 21.8 Å². The van der Waals surface area contributed by atoms with Crippen LogP contribution in [-0.2, 0) is 14.8 Å². The number of hydrogen-bond acceptors (Lipinski definition) is 6. The van der Waals surface area contributed by atoms with Gasteiger partial charge in [0, 0.05) is 18.0 Å². The molecule has 1 fully saturated rings. The van der Waals surface area contributed by atoms with Gasteiger partial charge < -0.3 is 4.74 Å². The highest BCUT2D eigenvalue weighted by molar-refractivity contribution is 7.89. The SMILES string of the molecule is O=C(CCCOC(=O)c1sccc1S(=O)(=O)NC1CC1)c1ccc(F)cc1. The fraction of sp³-hybridized carbons (Fsp3) is 0.333. The molecule has 1 N–H and O–H groups in total. The standard InChI is InChI=1S/C18H18FNO5S2/c19-13-5-3-12(4-6-13)15(21)2-1-10-25-18(22)17-16(9-11-26-17)27(23,24)20-14-7-8-14/h3-6,9,11,14,20H,1-2,7-8,10H2. The Hall–Kier alpha value is -2.10. The van der Waals surface area contributed by atoms with E-state index in [0.29, 0.717) is 5.56 Å². The molecule has 1 heterocycles. The van der Waals surface area contributed by atoms with E-state index in [-0.39, 0.29) is 41.0 Å². The van der Waals surface area contributed by atoms with Crippen molar-refractivity contribution in [1.82, 2.24) is 4.72 Å². The molecule has 9 heteroatoms. The average Bonchev–Trinajstić information content (AvgIpc) is 3.28. The van der Waals surface area contributed by atoms with Gasteiger partial charge in [-0.25, -0.2) is 22.3 Å². The zero-order valence-electron chi connectivity index (χ0n) is 14.3. The smallest absolute Gasteiger partial charge is 0.349 e. The number of sulfonamides is 1. The van der Waals surface area contributed by atoms with Crippen LogP contribution in [0.2, 0.25) is 0 Å². The van der Waals surface area contributed by atoms with Gasteiger partial charge in [0.25, 0.3) is 0 Å². The van der Waals surface area contributed by atoms with E-state index in [1.165, 1.54) is 35.7 Å². The maximum atomic E-state index is 12.9. The molecule has 0 bridgehead atoms. The third-order valence-corrected chi connectivity index (χ3v) is 6.54. The number of rotatable bonds is 9. The predicted molar refractivity (Wildman–Crippen MR) is 97.9 cm³/mol. The molecule has 1 aromatic carbocycles. The number of benzene rings is 1. The molecule has 144 valence electrons. The molecule has 1 aliphatic rings. The molecule has 0 spiro atoms. The lowest BCUT2D eigenvalue weighted by molar-refractivity contribution is 0.0495. The third kappa shape index (κ3) is 5.21. The van der Waals surface area contributed by atoms with Crippen molar-refractivity contribution < 1.29 is 27.1 Å². The lowest BCUT2D eigenvalue weighted by Gasteiger charge is -2.07. The van der Waals surface area contributed by atoms with Crippen LogP contribution >= 0.6 is 11.3 Å². The Morgan fingerprint density at radius 1 is 1.19 bits per heavy atom. The minimum absolute atomic E-state index is 0.0147. The number of nitrogens with one attached hydrogen (secondary N) is 1. The highest BCUT2D eigenvalue weighted by Gasteiger charge is 2.31. The number of Topliss-reactive ketones (excluding diaryl/α,β-unsaturated/α-hetero) is 1. The van der Waals surface area contributed by atoms with Gasteiger partial charge >= 0.3 is 5.97 Å². The van der Waals surface area contributed by atoms with Crippen LogP contribution in [0.1, 0.15) is 45.7 Å². The first kappa shape index (κ1) is 19.7. The van der Waals surface area contributed by atoms with E-state index in [1.807, 2.05) is 0 Å².